The monoisotopic (exact) mass is 212 g/mol. The van der Waals surface area contributed by atoms with Gasteiger partial charge in [0.1, 0.15) is 0 Å². The number of methoxy groups -OCH3 is 1. The van der Waals surface area contributed by atoms with Gasteiger partial charge in [-0.15, -0.1) is 0 Å². The molecule has 0 aromatic carbocycles. The second-order valence-corrected chi connectivity index (χ2v) is 5.42. The topological polar surface area (TPSA) is 18.5 Å². The van der Waals surface area contributed by atoms with Crippen LogP contribution < -0.4 is 0 Å². The first-order valence-corrected chi connectivity index (χ1v) is 6.37. The number of hydrogen-bond acceptors (Lipinski definition) is 2. The van der Waals surface area contributed by atoms with Gasteiger partial charge in [-0.25, -0.2) is 0 Å². The third-order valence-corrected chi connectivity index (χ3v) is 4.01. The summed E-state index contributed by atoms with van der Waals surface area (Å²) in [4.78, 5) is 0. The van der Waals surface area contributed by atoms with Gasteiger partial charge in [0.15, 0.2) is 0 Å². The highest BCUT2D eigenvalue weighted by molar-refractivity contribution is 4.96. The summed E-state index contributed by atoms with van der Waals surface area (Å²) in [5, 5.41) is 0. The Labute approximate surface area is 93.3 Å². The van der Waals surface area contributed by atoms with Crippen LogP contribution in [0, 0.1) is 11.8 Å². The molecule has 0 bridgehead atoms. The average Bonchev–Trinajstić information content (AvgIpc) is 2.83. The first-order valence-electron chi connectivity index (χ1n) is 6.37. The van der Waals surface area contributed by atoms with Crippen LogP contribution in [0.3, 0.4) is 0 Å². The third-order valence-electron chi connectivity index (χ3n) is 4.01. The molecule has 0 spiro atoms. The number of ether oxygens (including phenoxy) is 2. The molecule has 2 nitrogen and oxygen atoms in total. The van der Waals surface area contributed by atoms with Gasteiger partial charge in [-0.2, -0.15) is 0 Å². The number of rotatable bonds is 6. The van der Waals surface area contributed by atoms with Crippen molar-refractivity contribution < 1.29 is 9.47 Å². The summed E-state index contributed by atoms with van der Waals surface area (Å²) in [5.41, 5.74) is 0. The molecule has 2 saturated carbocycles. The molecule has 2 aliphatic carbocycles. The predicted molar refractivity (Wildman–Crippen MR) is 60.9 cm³/mol. The van der Waals surface area contributed by atoms with Crippen LogP contribution in [-0.2, 0) is 9.47 Å². The largest absolute Gasteiger partial charge is 0.382 e. The van der Waals surface area contributed by atoms with Crippen molar-refractivity contribution >= 4 is 0 Å². The van der Waals surface area contributed by atoms with E-state index < -0.39 is 0 Å². The minimum absolute atomic E-state index is 0.369. The van der Waals surface area contributed by atoms with Crippen LogP contribution in [0.5, 0.6) is 0 Å². The number of hydrogen-bond donors (Lipinski definition) is 0. The molecular formula is C13H24O2. The summed E-state index contributed by atoms with van der Waals surface area (Å²) in [6.45, 7) is 4.32. The predicted octanol–water partition coefficient (Wildman–Crippen LogP) is 3.01. The highest BCUT2D eigenvalue weighted by Crippen LogP contribution is 2.52. The summed E-state index contributed by atoms with van der Waals surface area (Å²) in [5.74, 6) is 2.06. The van der Waals surface area contributed by atoms with Crippen LogP contribution in [-0.4, -0.2) is 25.4 Å². The fraction of sp³-hybridized carbons (Fsp3) is 1.00. The van der Waals surface area contributed by atoms with Crippen LogP contribution >= 0.6 is 0 Å². The summed E-state index contributed by atoms with van der Waals surface area (Å²) in [6, 6.07) is 0. The molecule has 88 valence electrons. The van der Waals surface area contributed by atoms with E-state index in [0.717, 1.165) is 24.7 Å². The van der Waals surface area contributed by atoms with Crippen LogP contribution in [0.4, 0.5) is 0 Å². The molecule has 0 aliphatic heterocycles. The SMILES string of the molecule is COC(C)CCC(C)OC1CC2CC2C1. The first kappa shape index (κ1) is 11.4. The molecule has 0 amide bonds. The Morgan fingerprint density at radius 2 is 1.60 bits per heavy atom. The van der Waals surface area contributed by atoms with Crippen molar-refractivity contribution in [2.45, 2.75) is 64.3 Å². The molecule has 0 N–H and O–H groups in total. The van der Waals surface area contributed by atoms with Gasteiger partial charge >= 0.3 is 0 Å². The van der Waals surface area contributed by atoms with E-state index in [1.807, 2.05) is 0 Å². The molecule has 2 fully saturated rings. The molecule has 0 heterocycles. The second kappa shape index (κ2) is 4.84. The highest BCUT2D eigenvalue weighted by atomic mass is 16.5. The van der Waals surface area contributed by atoms with E-state index in [2.05, 4.69) is 13.8 Å². The van der Waals surface area contributed by atoms with Gasteiger partial charge < -0.3 is 9.47 Å². The molecule has 2 aliphatic rings. The van der Waals surface area contributed by atoms with E-state index in [9.17, 15) is 0 Å². The number of fused-ring (bicyclic) bond motifs is 1. The smallest absolute Gasteiger partial charge is 0.0584 e. The van der Waals surface area contributed by atoms with Gasteiger partial charge in [-0.1, -0.05) is 0 Å². The van der Waals surface area contributed by atoms with Crippen molar-refractivity contribution in [3.63, 3.8) is 0 Å². The van der Waals surface area contributed by atoms with E-state index in [-0.39, 0.29) is 0 Å². The lowest BCUT2D eigenvalue weighted by Crippen LogP contribution is -2.20. The molecule has 4 unspecified atom stereocenters. The Morgan fingerprint density at radius 3 is 2.20 bits per heavy atom. The Morgan fingerprint density at radius 1 is 1.00 bits per heavy atom. The summed E-state index contributed by atoms with van der Waals surface area (Å²) in [6.07, 6.45) is 7.72. The van der Waals surface area contributed by atoms with Gasteiger partial charge in [0.25, 0.3) is 0 Å². The fourth-order valence-electron chi connectivity index (χ4n) is 2.75. The molecule has 0 radical (unpaired) electrons. The van der Waals surface area contributed by atoms with Crippen LogP contribution in [0.25, 0.3) is 0 Å². The summed E-state index contributed by atoms with van der Waals surface area (Å²) >= 11 is 0. The Hall–Kier alpha value is -0.0800. The zero-order valence-electron chi connectivity index (χ0n) is 10.2. The second-order valence-electron chi connectivity index (χ2n) is 5.42. The molecule has 0 saturated heterocycles. The summed E-state index contributed by atoms with van der Waals surface area (Å²) < 4.78 is 11.3. The molecule has 2 rings (SSSR count). The average molecular weight is 212 g/mol. The van der Waals surface area contributed by atoms with E-state index >= 15 is 0 Å². The fourth-order valence-corrected chi connectivity index (χ4v) is 2.75. The maximum absolute atomic E-state index is 6.05. The standard InChI is InChI=1S/C13H24O2/c1-9(14-3)4-5-10(2)15-13-7-11-6-12(11)8-13/h9-13H,4-8H2,1-3H3. The van der Waals surface area contributed by atoms with Gasteiger partial charge in [0.05, 0.1) is 18.3 Å². The minimum atomic E-state index is 0.369. The lowest BCUT2D eigenvalue weighted by Gasteiger charge is -2.20. The van der Waals surface area contributed by atoms with Crippen molar-refractivity contribution in [1.82, 2.24) is 0 Å². The molecule has 4 atom stereocenters. The van der Waals surface area contributed by atoms with Gasteiger partial charge in [-0.05, 0) is 57.8 Å². The van der Waals surface area contributed by atoms with Crippen molar-refractivity contribution in [3.05, 3.63) is 0 Å². The van der Waals surface area contributed by atoms with E-state index in [4.69, 9.17) is 9.47 Å². The molecule has 15 heavy (non-hydrogen) atoms. The normalized spacial score (nSPS) is 37.4. The zero-order valence-corrected chi connectivity index (χ0v) is 10.2. The molecule has 0 aromatic heterocycles. The van der Waals surface area contributed by atoms with Crippen molar-refractivity contribution in [2.75, 3.05) is 7.11 Å². The van der Waals surface area contributed by atoms with E-state index in [1.165, 1.54) is 19.3 Å². The zero-order chi connectivity index (χ0) is 10.8. The van der Waals surface area contributed by atoms with Crippen molar-refractivity contribution in [3.8, 4) is 0 Å². The van der Waals surface area contributed by atoms with Crippen molar-refractivity contribution in [2.24, 2.45) is 11.8 Å². The Kier molecular flexibility index (Phi) is 3.68. The minimum Gasteiger partial charge on any atom is -0.382 e. The van der Waals surface area contributed by atoms with Gasteiger partial charge in [0, 0.05) is 7.11 Å². The molecular weight excluding hydrogens is 188 g/mol. The van der Waals surface area contributed by atoms with Crippen LogP contribution in [0.1, 0.15) is 46.0 Å². The van der Waals surface area contributed by atoms with Crippen LogP contribution in [0.15, 0.2) is 0 Å². The maximum atomic E-state index is 6.05. The van der Waals surface area contributed by atoms with Crippen LogP contribution in [0.2, 0.25) is 0 Å². The lowest BCUT2D eigenvalue weighted by molar-refractivity contribution is -0.0161. The Balaban J connectivity index is 1.58. The molecule has 0 aromatic rings. The first-order chi connectivity index (χ1) is 7.19. The van der Waals surface area contributed by atoms with E-state index in [0.29, 0.717) is 18.3 Å². The quantitative estimate of drug-likeness (QED) is 0.674. The lowest BCUT2D eigenvalue weighted by atomic mass is 10.1. The molecule has 2 heteroatoms. The Bertz CT molecular complexity index is 195. The van der Waals surface area contributed by atoms with E-state index in [1.54, 1.807) is 7.11 Å². The van der Waals surface area contributed by atoms with Crippen molar-refractivity contribution in [1.29, 1.82) is 0 Å². The van der Waals surface area contributed by atoms with Gasteiger partial charge in [0.2, 0.25) is 0 Å². The van der Waals surface area contributed by atoms with Gasteiger partial charge in [-0.3, -0.25) is 0 Å². The summed E-state index contributed by atoms with van der Waals surface area (Å²) in [7, 11) is 1.78. The third kappa shape index (κ3) is 3.18. The highest BCUT2D eigenvalue weighted by Gasteiger charge is 2.46. The maximum Gasteiger partial charge on any atom is 0.0584 e.